The van der Waals surface area contributed by atoms with E-state index in [2.05, 4.69) is 21.3 Å². The topological polar surface area (TPSA) is 98.5 Å². The zero-order valence-corrected chi connectivity index (χ0v) is 16.1. The molecule has 28 heavy (non-hydrogen) atoms. The highest BCUT2D eigenvalue weighted by atomic mass is 16.4. The molecule has 8 nitrogen and oxygen atoms in total. The van der Waals surface area contributed by atoms with Crippen LogP contribution in [0.2, 0.25) is 0 Å². The fourth-order valence-corrected chi connectivity index (χ4v) is 3.97. The Morgan fingerprint density at radius 3 is 2.71 bits per heavy atom. The lowest BCUT2D eigenvalue weighted by atomic mass is 10.2. The SMILES string of the molecule is CC(C(=O)NC1CCCC1)N1CCN(c2oc(-c3ccco3)nc2C#N)CC1. The van der Waals surface area contributed by atoms with Crippen LogP contribution in [0.25, 0.3) is 11.7 Å². The molecule has 3 heterocycles. The summed E-state index contributed by atoms with van der Waals surface area (Å²) in [5.41, 5.74) is 0.256. The number of carbonyl (C=O) groups excluding carboxylic acids is 1. The first-order valence-electron chi connectivity index (χ1n) is 9.90. The van der Waals surface area contributed by atoms with Crippen LogP contribution in [-0.2, 0) is 4.79 Å². The Balaban J connectivity index is 1.37. The number of nitrogens with one attached hydrogen (secondary N) is 1. The summed E-state index contributed by atoms with van der Waals surface area (Å²) in [4.78, 5) is 21.0. The molecule has 4 rings (SSSR count). The van der Waals surface area contributed by atoms with Crippen LogP contribution in [0, 0.1) is 11.3 Å². The zero-order chi connectivity index (χ0) is 19.5. The van der Waals surface area contributed by atoms with Gasteiger partial charge >= 0.3 is 0 Å². The molecule has 2 aromatic heterocycles. The van der Waals surface area contributed by atoms with Gasteiger partial charge in [0, 0.05) is 32.2 Å². The molecule has 1 atom stereocenters. The summed E-state index contributed by atoms with van der Waals surface area (Å²) in [5.74, 6) is 1.39. The Hall–Kier alpha value is -2.79. The van der Waals surface area contributed by atoms with Crippen molar-refractivity contribution in [3.05, 3.63) is 24.1 Å². The lowest BCUT2D eigenvalue weighted by Crippen LogP contribution is -2.55. The number of amides is 1. The van der Waals surface area contributed by atoms with E-state index < -0.39 is 0 Å². The number of furan rings is 1. The molecular weight excluding hydrogens is 358 g/mol. The van der Waals surface area contributed by atoms with E-state index >= 15 is 0 Å². The molecule has 1 amide bonds. The molecule has 0 bridgehead atoms. The van der Waals surface area contributed by atoms with Crippen molar-refractivity contribution in [1.82, 2.24) is 15.2 Å². The van der Waals surface area contributed by atoms with E-state index in [1.54, 1.807) is 18.4 Å². The van der Waals surface area contributed by atoms with Gasteiger partial charge in [-0.2, -0.15) is 10.2 Å². The molecule has 8 heteroatoms. The number of piperazine rings is 1. The Bertz CT molecular complexity index is 840. The van der Waals surface area contributed by atoms with E-state index in [-0.39, 0.29) is 17.6 Å². The summed E-state index contributed by atoms with van der Waals surface area (Å²) in [5, 5.41) is 12.6. The molecule has 0 spiro atoms. The minimum Gasteiger partial charge on any atom is -0.459 e. The van der Waals surface area contributed by atoms with Gasteiger partial charge < -0.3 is 19.1 Å². The summed E-state index contributed by atoms with van der Waals surface area (Å²) in [6.07, 6.45) is 6.13. The standard InChI is InChI=1S/C20H25N5O3/c1-14(18(26)22-15-5-2-3-6-15)24-8-10-25(11-9-24)20-16(13-21)23-19(28-20)17-7-4-12-27-17/h4,7,12,14-15H,2-3,5-6,8-11H2,1H3,(H,22,26). The van der Waals surface area contributed by atoms with Crippen molar-refractivity contribution in [2.75, 3.05) is 31.1 Å². The number of nitriles is 1. The number of hydrogen-bond donors (Lipinski definition) is 1. The highest BCUT2D eigenvalue weighted by molar-refractivity contribution is 5.81. The Morgan fingerprint density at radius 2 is 2.07 bits per heavy atom. The molecule has 1 aliphatic heterocycles. The number of carbonyl (C=O) groups is 1. The van der Waals surface area contributed by atoms with Gasteiger partial charge in [0.05, 0.1) is 12.3 Å². The monoisotopic (exact) mass is 383 g/mol. The lowest BCUT2D eigenvalue weighted by Gasteiger charge is -2.37. The van der Waals surface area contributed by atoms with Gasteiger partial charge in [-0.15, -0.1) is 0 Å². The maximum absolute atomic E-state index is 12.5. The third kappa shape index (κ3) is 3.76. The number of anilines is 1. The van der Waals surface area contributed by atoms with Crippen LogP contribution in [0.1, 0.15) is 38.3 Å². The van der Waals surface area contributed by atoms with Crippen LogP contribution in [0.15, 0.2) is 27.2 Å². The van der Waals surface area contributed by atoms with Crippen molar-refractivity contribution in [3.63, 3.8) is 0 Å². The van der Waals surface area contributed by atoms with Crippen molar-refractivity contribution in [1.29, 1.82) is 5.26 Å². The fraction of sp³-hybridized carbons (Fsp3) is 0.550. The summed E-state index contributed by atoms with van der Waals surface area (Å²) in [6, 6.07) is 5.78. The van der Waals surface area contributed by atoms with E-state index in [9.17, 15) is 10.1 Å². The number of rotatable bonds is 5. The lowest BCUT2D eigenvalue weighted by molar-refractivity contribution is -0.126. The van der Waals surface area contributed by atoms with Gasteiger partial charge in [0.25, 0.3) is 5.89 Å². The molecule has 2 aromatic rings. The van der Waals surface area contributed by atoms with Crippen LogP contribution in [-0.4, -0.2) is 54.1 Å². The first-order valence-corrected chi connectivity index (χ1v) is 9.90. The van der Waals surface area contributed by atoms with E-state index in [1.807, 2.05) is 11.8 Å². The third-order valence-corrected chi connectivity index (χ3v) is 5.68. The number of oxazole rings is 1. The minimum absolute atomic E-state index is 0.109. The first kappa shape index (κ1) is 18.6. The van der Waals surface area contributed by atoms with Gasteiger partial charge in [-0.3, -0.25) is 9.69 Å². The van der Waals surface area contributed by atoms with Crippen LogP contribution in [0.5, 0.6) is 0 Å². The van der Waals surface area contributed by atoms with Gasteiger partial charge in [-0.05, 0) is 31.9 Å². The fourth-order valence-electron chi connectivity index (χ4n) is 3.97. The average molecular weight is 383 g/mol. The molecule has 2 fully saturated rings. The number of hydrogen-bond acceptors (Lipinski definition) is 7. The average Bonchev–Trinajstić information content (AvgIpc) is 3.48. The predicted octanol–water partition coefficient (Wildman–Crippen LogP) is 2.38. The van der Waals surface area contributed by atoms with Crippen molar-refractivity contribution >= 4 is 11.8 Å². The predicted molar refractivity (Wildman–Crippen MR) is 103 cm³/mol. The van der Waals surface area contributed by atoms with Crippen molar-refractivity contribution in [2.24, 2.45) is 0 Å². The molecule has 2 aliphatic rings. The van der Waals surface area contributed by atoms with E-state index in [0.29, 0.717) is 36.7 Å². The van der Waals surface area contributed by atoms with Crippen molar-refractivity contribution in [2.45, 2.75) is 44.7 Å². The largest absolute Gasteiger partial charge is 0.459 e. The molecular formula is C20H25N5O3. The summed E-state index contributed by atoms with van der Waals surface area (Å²) in [7, 11) is 0. The van der Waals surface area contributed by atoms with Gasteiger partial charge in [-0.1, -0.05) is 12.8 Å². The summed E-state index contributed by atoms with van der Waals surface area (Å²) >= 11 is 0. The zero-order valence-electron chi connectivity index (χ0n) is 16.1. The second-order valence-electron chi connectivity index (χ2n) is 7.45. The molecule has 1 unspecified atom stereocenters. The Morgan fingerprint density at radius 1 is 1.32 bits per heavy atom. The summed E-state index contributed by atoms with van der Waals surface area (Å²) in [6.45, 7) is 4.75. The van der Waals surface area contributed by atoms with Crippen LogP contribution >= 0.6 is 0 Å². The smallest absolute Gasteiger partial charge is 0.266 e. The highest BCUT2D eigenvalue weighted by Gasteiger charge is 2.30. The number of nitrogens with zero attached hydrogens (tertiary/aromatic N) is 4. The molecule has 1 aliphatic carbocycles. The van der Waals surface area contributed by atoms with Gasteiger partial charge in [-0.25, -0.2) is 0 Å². The molecule has 1 saturated heterocycles. The Kier molecular flexibility index (Phi) is 5.35. The minimum atomic E-state index is -0.161. The first-order chi connectivity index (χ1) is 13.7. The highest BCUT2D eigenvalue weighted by Crippen LogP contribution is 2.29. The van der Waals surface area contributed by atoms with Gasteiger partial charge in [0.1, 0.15) is 6.07 Å². The van der Waals surface area contributed by atoms with E-state index in [1.165, 1.54) is 12.8 Å². The molecule has 1 saturated carbocycles. The maximum Gasteiger partial charge on any atom is 0.266 e. The van der Waals surface area contributed by atoms with Crippen molar-refractivity contribution in [3.8, 4) is 17.7 Å². The van der Waals surface area contributed by atoms with E-state index in [0.717, 1.165) is 25.9 Å². The second-order valence-corrected chi connectivity index (χ2v) is 7.45. The van der Waals surface area contributed by atoms with Crippen LogP contribution < -0.4 is 10.2 Å². The van der Waals surface area contributed by atoms with Gasteiger partial charge in [0.15, 0.2) is 5.76 Å². The third-order valence-electron chi connectivity index (χ3n) is 5.68. The molecule has 0 aromatic carbocycles. The van der Waals surface area contributed by atoms with Crippen LogP contribution in [0.3, 0.4) is 0 Å². The summed E-state index contributed by atoms with van der Waals surface area (Å²) < 4.78 is 11.1. The molecule has 1 N–H and O–H groups in total. The normalized spacial score (nSPS) is 19.5. The second kappa shape index (κ2) is 8.07. The van der Waals surface area contributed by atoms with Crippen LogP contribution in [0.4, 0.5) is 5.88 Å². The Labute approximate surface area is 164 Å². The molecule has 0 radical (unpaired) electrons. The van der Waals surface area contributed by atoms with Crippen molar-refractivity contribution < 1.29 is 13.6 Å². The van der Waals surface area contributed by atoms with E-state index in [4.69, 9.17) is 8.83 Å². The number of aromatic nitrogens is 1. The maximum atomic E-state index is 12.5. The van der Waals surface area contributed by atoms with Gasteiger partial charge in [0.2, 0.25) is 17.5 Å². The molecule has 148 valence electrons. The quantitative estimate of drug-likeness (QED) is 0.846.